The van der Waals surface area contributed by atoms with Crippen molar-refractivity contribution in [2.45, 2.75) is 44.0 Å². The van der Waals surface area contributed by atoms with Crippen LogP contribution in [0.3, 0.4) is 0 Å². The number of likely N-dealkylation sites (tertiary alicyclic amines) is 1. The zero-order chi connectivity index (χ0) is 19.9. The number of sulfonamides is 1. The molecule has 5 nitrogen and oxygen atoms in total. The smallest absolute Gasteiger partial charge is 0.264 e. The summed E-state index contributed by atoms with van der Waals surface area (Å²) in [4.78, 5) is 14.8. The minimum absolute atomic E-state index is 0.0178. The molecule has 2 aliphatic rings. The molecule has 2 aromatic carbocycles. The third kappa shape index (κ3) is 3.30. The first-order valence-corrected chi connectivity index (χ1v) is 11.3. The zero-order valence-corrected chi connectivity index (χ0v) is 17.2. The number of nitrogens with zero attached hydrogens (tertiary/aromatic N) is 2. The Bertz CT molecular complexity index is 977. The quantitative estimate of drug-likeness (QED) is 0.792. The van der Waals surface area contributed by atoms with E-state index in [9.17, 15) is 13.2 Å². The highest BCUT2D eigenvalue weighted by molar-refractivity contribution is 7.92. The Kier molecular flexibility index (Phi) is 4.91. The van der Waals surface area contributed by atoms with Gasteiger partial charge in [-0.2, -0.15) is 0 Å². The lowest BCUT2D eigenvalue weighted by Crippen LogP contribution is -2.38. The van der Waals surface area contributed by atoms with Gasteiger partial charge in [0.05, 0.1) is 10.6 Å². The number of hydrogen-bond acceptors (Lipinski definition) is 3. The van der Waals surface area contributed by atoms with Crippen molar-refractivity contribution in [1.82, 2.24) is 4.90 Å². The Morgan fingerprint density at radius 1 is 0.964 bits per heavy atom. The topological polar surface area (TPSA) is 57.7 Å². The van der Waals surface area contributed by atoms with Gasteiger partial charge in [-0.1, -0.05) is 25.1 Å². The summed E-state index contributed by atoms with van der Waals surface area (Å²) in [6.07, 6.45) is 2.74. The largest absolute Gasteiger partial charge is 0.339 e. The van der Waals surface area contributed by atoms with E-state index in [1.54, 1.807) is 24.3 Å². The molecule has 0 aliphatic carbocycles. The van der Waals surface area contributed by atoms with Crippen molar-refractivity contribution >= 4 is 21.6 Å². The van der Waals surface area contributed by atoms with Crippen molar-refractivity contribution in [3.8, 4) is 0 Å². The Morgan fingerprint density at radius 2 is 1.61 bits per heavy atom. The number of amides is 1. The van der Waals surface area contributed by atoms with E-state index in [1.807, 2.05) is 36.1 Å². The molecule has 2 heterocycles. The summed E-state index contributed by atoms with van der Waals surface area (Å²) in [6.45, 7) is 5.66. The fourth-order valence-corrected chi connectivity index (χ4v) is 5.87. The summed E-state index contributed by atoms with van der Waals surface area (Å²) in [7, 11) is -3.67. The van der Waals surface area contributed by atoms with Crippen molar-refractivity contribution in [1.29, 1.82) is 0 Å². The molecule has 0 spiro atoms. The molecule has 0 saturated carbocycles. The van der Waals surface area contributed by atoms with E-state index < -0.39 is 10.0 Å². The van der Waals surface area contributed by atoms with Gasteiger partial charge in [0.2, 0.25) is 0 Å². The molecule has 2 aromatic rings. The molecule has 1 fully saturated rings. The number of piperidine rings is 1. The second-order valence-electron chi connectivity index (χ2n) is 7.98. The lowest BCUT2D eigenvalue weighted by molar-refractivity contribution is 0.0697. The number of para-hydroxylation sites is 1. The Hall–Kier alpha value is -2.34. The molecular weight excluding hydrogens is 372 g/mol. The fraction of sp³-hybridized carbons (Fsp3) is 0.409. The normalized spacial score (nSPS) is 20.3. The van der Waals surface area contributed by atoms with E-state index >= 15 is 0 Å². The van der Waals surface area contributed by atoms with Crippen molar-refractivity contribution in [2.75, 3.05) is 17.4 Å². The van der Waals surface area contributed by atoms with Gasteiger partial charge < -0.3 is 4.90 Å². The van der Waals surface area contributed by atoms with Gasteiger partial charge in [-0.05, 0) is 68.0 Å². The second-order valence-corrected chi connectivity index (χ2v) is 9.80. The number of carbonyl (C=O) groups excluding carboxylic acids is 1. The molecule has 0 bridgehead atoms. The van der Waals surface area contributed by atoms with Crippen LogP contribution in [0.1, 0.15) is 42.6 Å². The average Bonchev–Trinajstić information content (AvgIpc) is 3.04. The summed E-state index contributed by atoms with van der Waals surface area (Å²) in [5.74, 6) is 0.637. The molecule has 1 atom stereocenters. The van der Waals surface area contributed by atoms with Gasteiger partial charge in [-0.3, -0.25) is 9.10 Å². The lowest BCUT2D eigenvalue weighted by Gasteiger charge is -2.30. The molecule has 1 unspecified atom stereocenters. The van der Waals surface area contributed by atoms with E-state index in [1.165, 1.54) is 4.31 Å². The molecule has 1 saturated heterocycles. The van der Waals surface area contributed by atoms with Gasteiger partial charge in [0.15, 0.2) is 0 Å². The fourth-order valence-electron chi connectivity index (χ4n) is 4.18. The van der Waals surface area contributed by atoms with E-state index in [4.69, 9.17) is 0 Å². The van der Waals surface area contributed by atoms with E-state index in [2.05, 4.69) is 6.92 Å². The molecule has 0 aromatic heterocycles. The van der Waals surface area contributed by atoms with Crippen LogP contribution in [0.15, 0.2) is 53.4 Å². The van der Waals surface area contributed by atoms with Crippen LogP contribution in [0.5, 0.6) is 0 Å². The number of anilines is 1. The molecule has 6 heteroatoms. The van der Waals surface area contributed by atoms with Gasteiger partial charge in [-0.15, -0.1) is 0 Å². The van der Waals surface area contributed by atoms with Gasteiger partial charge in [0, 0.05) is 24.7 Å². The van der Waals surface area contributed by atoms with Crippen LogP contribution in [-0.2, 0) is 16.4 Å². The van der Waals surface area contributed by atoms with Crippen molar-refractivity contribution in [3.05, 3.63) is 59.7 Å². The first-order chi connectivity index (χ1) is 13.4. The highest BCUT2D eigenvalue weighted by Gasteiger charge is 2.35. The van der Waals surface area contributed by atoms with Gasteiger partial charge in [-0.25, -0.2) is 8.42 Å². The molecule has 4 rings (SSSR count). The molecular formula is C22H26N2O3S. The maximum atomic E-state index is 13.3. The Morgan fingerprint density at radius 3 is 2.29 bits per heavy atom. The lowest BCUT2D eigenvalue weighted by atomic mass is 9.98. The van der Waals surface area contributed by atoms with Crippen LogP contribution >= 0.6 is 0 Å². The number of benzene rings is 2. The molecule has 0 N–H and O–H groups in total. The summed E-state index contributed by atoms with van der Waals surface area (Å²) >= 11 is 0. The van der Waals surface area contributed by atoms with Crippen LogP contribution in [0.4, 0.5) is 5.69 Å². The summed E-state index contributed by atoms with van der Waals surface area (Å²) in [5, 5.41) is 0. The molecule has 2 aliphatic heterocycles. The van der Waals surface area contributed by atoms with E-state index in [0.29, 0.717) is 17.9 Å². The van der Waals surface area contributed by atoms with Crippen LogP contribution in [0, 0.1) is 5.92 Å². The SMILES string of the molecule is CC1CCN(C(=O)c2ccc(S(=O)(=O)N3c4ccccc4CC3C)cc2)CC1. The molecule has 1 amide bonds. The van der Waals surface area contributed by atoms with Crippen molar-refractivity contribution in [3.63, 3.8) is 0 Å². The first kappa shape index (κ1) is 19.0. The minimum atomic E-state index is -3.67. The maximum absolute atomic E-state index is 13.3. The van der Waals surface area contributed by atoms with E-state index in [0.717, 1.165) is 37.2 Å². The van der Waals surface area contributed by atoms with Crippen LogP contribution in [0.2, 0.25) is 0 Å². The van der Waals surface area contributed by atoms with E-state index in [-0.39, 0.29) is 16.8 Å². The third-order valence-electron chi connectivity index (χ3n) is 5.87. The number of hydrogen-bond donors (Lipinski definition) is 0. The zero-order valence-electron chi connectivity index (χ0n) is 16.3. The Labute approximate surface area is 167 Å². The summed E-state index contributed by atoms with van der Waals surface area (Å²) in [5.41, 5.74) is 2.34. The van der Waals surface area contributed by atoms with Gasteiger partial charge in [0.25, 0.3) is 15.9 Å². The standard InChI is InChI=1S/C22H26N2O3S/c1-16-11-13-23(14-12-16)22(25)18-7-9-20(10-8-18)28(26,27)24-17(2)15-19-5-3-4-6-21(19)24/h3-10,16-17H,11-15H2,1-2H3. The van der Waals surface area contributed by atoms with Crippen LogP contribution in [0.25, 0.3) is 0 Å². The predicted octanol–water partition coefficient (Wildman–Crippen LogP) is 3.70. The third-order valence-corrected chi connectivity index (χ3v) is 7.82. The van der Waals surface area contributed by atoms with Crippen LogP contribution in [-0.4, -0.2) is 38.4 Å². The maximum Gasteiger partial charge on any atom is 0.264 e. The Balaban J connectivity index is 1.57. The molecule has 28 heavy (non-hydrogen) atoms. The average molecular weight is 399 g/mol. The highest BCUT2D eigenvalue weighted by Crippen LogP contribution is 2.36. The van der Waals surface area contributed by atoms with Gasteiger partial charge in [0.1, 0.15) is 0 Å². The highest BCUT2D eigenvalue weighted by atomic mass is 32.2. The van der Waals surface area contributed by atoms with Crippen molar-refractivity contribution < 1.29 is 13.2 Å². The minimum Gasteiger partial charge on any atom is -0.339 e. The first-order valence-electron chi connectivity index (χ1n) is 9.89. The van der Waals surface area contributed by atoms with Crippen molar-refractivity contribution in [2.24, 2.45) is 5.92 Å². The monoisotopic (exact) mass is 398 g/mol. The van der Waals surface area contributed by atoms with Crippen LogP contribution < -0.4 is 4.31 Å². The summed E-state index contributed by atoms with van der Waals surface area (Å²) < 4.78 is 28.0. The number of rotatable bonds is 3. The predicted molar refractivity (Wildman–Crippen MR) is 110 cm³/mol. The molecule has 148 valence electrons. The molecule has 0 radical (unpaired) electrons. The summed E-state index contributed by atoms with van der Waals surface area (Å²) in [6, 6.07) is 13.9. The second kappa shape index (κ2) is 7.24. The van der Waals surface area contributed by atoms with Gasteiger partial charge >= 0.3 is 0 Å². The number of carbonyl (C=O) groups is 1. The number of fused-ring (bicyclic) bond motifs is 1.